The molecule has 0 spiro atoms. The molecule has 7 nitrogen and oxygen atoms in total. The van der Waals surface area contributed by atoms with Crippen molar-refractivity contribution < 1.29 is 13.2 Å². The number of carbonyl (C=O) groups is 1. The summed E-state index contributed by atoms with van der Waals surface area (Å²) in [5.41, 5.74) is 3.65. The van der Waals surface area contributed by atoms with E-state index in [1.54, 1.807) is 23.1 Å². The van der Waals surface area contributed by atoms with E-state index in [-0.39, 0.29) is 10.9 Å². The fourth-order valence-electron chi connectivity index (χ4n) is 4.76. The molecule has 1 aliphatic carbocycles. The lowest BCUT2D eigenvalue weighted by Gasteiger charge is -2.38. The number of carbonyl (C=O) groups excluding carboxylic acids is 1. The van der Waals surface area contributed by atoms with E-state index in [2.05, 4.69) is 16.0 Å². The number of sulfonamides is 1. The fourth-order valence-corrected chi connectivity index (χ4v) is 6.42. The zero-order chi connectivity index (χ0) is 21.4. The minimum absolute atomic E-state index is 0.126. The molecule has 1 N–H and O–H groups in total. The Labute approximate surface area is 182 Å². The summed E-state index contributed by atoms with van der Waals surface area (Å²) in [6, 6.07) is 12.1. The molecule has 162 valence electrons. The topological polar surface area (TPSA) is 86.4 Å². The van der Waals surface area contributed by atoms with Gasteiger partial charge in [0.2, 0.25) is 0 Å². The number of aromatic amines is 1. The van der Waals surface area contributed by atoms with E-state index in [0.717, 1.165) is 31.2 Å². The van der Waals surface area contributed by atoms with Gasteiger partial charge in [-0.1, -0.05) is 43.5 Å². The maximum absolute atomic E-state index is 13.8. The fraction of sp³-hybridized carbons (Fsp3) is 0.391. The monoisotopic (exact) mass is 438 g/mol. The largest absolute Gasteiger partial charge is 0.345 e. The lowest BCUT2D eigenvalue weighted by Crippen LogP contribution is -2.52. The molecular weight excluding hydrogens is 412 g/mol. The van der Waals surface area contributed by atoms with Gasteiger partial charge in [-0.05, 0) is 48.6 Å². The highest BCUT2D eigenvalue weighted by atomic mass is 32.2. The maximum atomic E-state index is 13.8. The zero-order valence-electron chi connectivity index (χ0n) is 17.3. The van der Waals surface area contributed by atoms with Crippen molar-refractivity contribution in [3.8, 4) is 0 Å². The first-order valence-electron chi connectivity index (χ1n) is 10.9. The first-order valence-corrected chi connectivity index (χ1v) is 12.3. The average molecular weight is 439 g/mol. The van der Waals surface area contributed by atoms with Gasteiger partial charge in [-0.25, -0.2) is 22.5 Å². The molecule has 1 saturated carbocycles. The van der Waals surface area contributed by atoms with Crippen molar-refractivity contribution in [1.82, 2.24) is 19.2 Å². The van der Waals surface area contributed by atoms with Gasteiger partial charge in [-0.2, -0.15) is 0 Å². The molecule has 2 amide bonds. The summed E-state index contributed by atoms with van der Waals surface area (Å²) in [5.74, 6) is 0. The summed E-state index contributed by atoms with van der Waals surface area (Å²) in [6.45, 7) is 0.960. The van der Waals surface area contributed by atoms with Crippen LogP contribution < -0.4 is 0 Å². The van der Waals surface area contributed by atoms with Gasteiger partial charge in [0.1, 0.15) is 0 Å². The first kappa shape index (κ1) is 20.1. The number of aromatic nitrogens is 2. The molecule has 0 unspecified atom stereocenters. The van der Waals surface area contributed by atoms with E-state index in [1.165, 1.54) is 16.2 Å². The predicted octanol–water partition coefficient (Wildman–Crippen LogP) is 4.06. The maximum Gasteiger partial charge on any atom is 0.334 e. The van der Waals surface area contributed by atoms with Crippen molar-refractivity contribution >= 4 is 27.1 Å². The van der Waals surface area contributed by atoms with Crippen LogP contribution in [0.25, 0.3) is 11.0 Å². The molecular formula is C23H26N4O3S. The molecule has 1 aromatic heterocycles. The molecule has 31 heavy (non-hydrogen) atoms. The predicted molar refractivity (Wildman–Crippen MR) is 118 cm³/mol. The number of hydrogen-bond acceptors (Lipinski definition) is 4. The average Bonchev–Trinajstić information content (AvgIpc) is 3.27. The van der Waals surface area contributed by atoms with Crippen LogP contribution in [-0.4, -0.2) is 46.2 Å². The Morgan fingerprint density at radius 3 is 2.65 bits per heavy atom. The summed E-state index contributed by atoms with van der Waals surface area (Å²) in [4.78, 5) is 22.6. The number of benzene rings is 2. The minimum atomic E-state index is -4.00. The molecule has 2 aliphatic rings. The smallest absolute Gasteiger partial charge is 0.334 e. The molecule has 0 bridgehead atoms. The highest BCUT2D eigenvalue weighted by Crippen LogP contribution is 2.31. The number of hydrogen-bond donors (Lipinski definition) is 1. The Morgan fingerprint density at radius 1 is 1.06 bits per heavy atom. The lowest BCUT2D eigenvalue weighted by atomic mass is 9.95. The van der Waals surface area contributed by atoms with Gasteiger partial charge in [0.25, 0.3) is 10.0 Å². The van der Waals surface area contributed by atoms with E-state index in [4.69, 9.17) is 0 Å². The van der Waals surface area contributed by atoms with Crippen molar-refractivity contribution in [3.63, 3.8) is 0 Å². The van der Waals surface area contributed by atoms with Crippen molar-refractivity contribution in [3.05, 3.63) is 59.9 Å². The number of H-pyrrole nitrogens is 1. The summed E-state index contributed by atoms with van der Waals surface area (Å²) in [5, 5.41) is 0. The number of rotatable bonds is 3. The van der Waals surface area contributed by atoms with Crippen LogP contribution >= 0.6 is 0 Å². The molecule has 0 saturated heterocycles. The van der Waals surface area contributed by atoms with E-state index in [9.17, 15) is 13.2 Å². The number of urea groups is 1. The summed E-state index contributed by atoms with van der Waals surface area (Å²) in [6.07, 6.45) is 6.65. The third-order valence-electron chi connectivity index (χ3n) is 6.44. The van der Waals surface area contributed by atoms with Crippen molar-refractivity contribution in [1.29, 1.82) is 0 Å². The van der Waals surface area contributed by atoms with Crippen LogP contribution in [0.15, 0.2) is 53.7 Å². The van der Waals surface area contributed by atoms with Gasteiger partial charge in [0.15, 0.2) is 0 Å². The second-order valence-electron chi connectivity index (χ2n) is 8.40. The van der Waals surface area contributed by atoms with E-state index in [1.807, 2.05) is 18.2 Å². The highest BCUT2D eigenvalue weighted by Gasteiger charge is 2.39. The van der Waals surface area contributed by atoms with Crippen LogP contribution in [0, 0.1) is 0 Å². The molecule has 1 fully saturated rings. The number of fused-ring (bicyclic) bond motifs is 2. The first-order chi connectivity index (χ1) is 15.0. The molecule has 2 aromatic carbocycles. The summed E-state index contributed by atoms with van der Waals surface area (Å²) < 4.78 is 28.7. The van der Waals surface area contributed by atoms with Crippen molar-refractivity contribution in [2.24, 2.45) is 0 Å². The molecule has 8 heteroatoms. The number of nitrogens with zero attached hydrogens (tertiary/aromatic N) is 3. The second kappa shape index (κ2) is 8.00. The number of amides is 2. The Kier molecular flexibility index (Phi) is 5.17. The van der Waals surface area contributed by atoms with Gasteiger partial charge in [-0.3, -0.25) is 0 Å². The zero-order valence-corrected chi connectivity index (χ0v) is 18.1. The molecule has 5 rings (SSSR count). The molecule has 0 radical (unpaired) electrons. The van der Waals surface area contributed by atoms with Crippen molar-refractivity contribution in [2.45, 2.75) is 56.0 Å². The van der Waals surface area contributed by atoms with Crippen LogP contribution in [0.1, 0.15) is 43.2 Å². The van der Waals surface area contributed by atoms with Crippen LogP contribution in [0.2, 0.25) is 0 Å². The third-order valence-corrected chi connectivity index (χ3v) is 8.27. The van der Waals surface area contributed by atoms with Crippen molar-refractivity contribution in [2.75, 3.05) is 6.54 Å². The second-order valence-corrected chi connectivity index (χ2v) is 10.2. The molecule has 3 aromatic rings. The SMILES string of the molecule is O=C(N1CCc2ccccc2C1)N(C1CCCCC1)S(=O)(=O)c1ccc2nc[nH]c2c1. The van der Waals surface area contributed by atoms with Crippen LogP contribution in [0.3, 0.4) is 0 Å². The number of nitrogens with one attached hydrogen (secondary N) is 1. The Hall–Kier alpha value is -2.87. The van der Waals surface area contributed by atoms with Crippen LogP contribution in [-0.2, 0) is 23.0 Å². The van der Waals surface area contributed by atoms with Gasteiger partial charge in [0.05, 0.1) is 28.3 Å². The van der Waals surface area contributed by atoms with Crippen LogP contribution in [0.5, 0.6) is 0 Å². The summed E-state index contributed by atoms with van der Waals surface area (Å²) in [7, 11) is -4.00. The molecule has 2 heterocycles. The van der Waals surface area contributed by atoms with Gasteiger partial charge in [0, 0.05) is 13.1 Å². The number of imidazole rings is 1. The Bertz CT molecular complexity index is 1210. The normalized spacial score (nSPS) is 17.5. The van der Waals surface area contributed by atoms with E-state index >= 15 is 0 Å². The quantitative estimate of drug-likeness (QED) is 0.668. The minimum Gasteiger partial charge on any atom is -0.345 e. The summed E-state index contributed by atoms with van der Waals surface area (Å²) >= 11 is 0. The van der Waals surface area contributed by atoms with Gasteiger partial charge >= 0.3 is 6.03 Å². The van der Waals surface area contributed by atoms with Gasteiger partial charge < -0.3 is 9.88 Å². The standard InChI is InChI=1S/C23H26N4O3S/c28-23(26-13-12-17-6-4-5-7-18(17)15-26)27(19-8-2-1-3-9-19)31(29,30)20-10-11-21-22(14-20)25-16-24-21/h4-7,10-11,14,16,19H,1-3,8-9,12-13,15H2,(H,24,25). The third kappa shape index (κ3) is 3.69. The van der Waals surface area contributed by atoms with E-state index < -0.39 is 16.1 Å². The Morgan fingerprint density at radius 2 is 1.84 bits per heavy atom. The lowest BCUT2D eigenvalue weighted by molar-refractivity contribution is 0.153. The van der Waals surface area contributed by atoms with Gasteiger partial charge in [-0.15, -0.1) is 0 Å². The van der Waals surface area contributed by atoms with E-state index in [0.29, 0.717) is 37.0 Å². The Balaban J connectivity index is 1.51. The van der Waals surface area contributed by atoms with Crippen LogP contribution in [0.4, 0.5) is 4.79 Å². The molecule has 0 atom stereocenters. The highest BCUT2D eigenvalue weighted by molar-refractivity contribution is 7.89. The molecule has 1 aliphatic heterocycles.